The van der Waals surface area contributed by atoms with Crippen molar-refractivity contribution in [3.63, 3.8) is 0 Å². The summed E-state index contributed by atoms with van der Waals surface area (Å²) in [4.78, 5) is 12.7. The molecule has 0 aromatic heterocycles. The number of benzene rings is 1. The number of rotatable bonds is 3. The first-order chi connectivity index (χ1) is 8.93. The van der Waals surface area contributed by atoms with Gasteiger partial charge < -0.3 is 4.90 Å². The molecule has 1 unspecified atom stereocenters. The summed E-state index contributed by atoms with van der Waals surface area (Å²) in [5.74, 6) is 0.726. The molecule has 1 aromatic rings. The summed E-state index contributed by atoms with van der Waals surface area (Å²) in [7, 11) is -3.26. The smallest absolute Gasteiger partial charge is 0.169 e. The lowest BCUT2D eigenvalue weighted by Crippen LogP contribution is -2.47. The van der Waals surface area contributed by atoms with Crippen molar-refractivity contribution in [3.8, 4) is 0 Å². The number of carbonyl (C=O) groups excluding carboxylic acids is 1. The van der Waals surface area contributed by atoms with Crippen LogP contribution < -0.4 is 4.90 Å². The molecule has 0 saturated carbocycles. The van der Waals surface area contributed by atoms with Crippen LogP contribution in [-0.4, -0.2) is 44.4 Å². The Balaban J connectivity index is 2.46. The van der Waals surface area contributed by atoms with Gasteiger partial charge in [-0.15, -0.1) is 0 Å². The van der Waals surface area contributed by atoms with E-state index in [0.717, 1.165) is 11.8 Å². The van der Waals surface area contributed by atoms with Gasteiger partial charge in [0.15, 0.2) is 16.1 Å². The van der Waals surface area contributed by atoms with E-state index in [1.807, 2.05) is 0 Å². The van der Waals surface area contributed by atoms with E-state index in [1.54, 1.807) is 16.7 Å². The Morgan fingerprint density at radius 3 is 2.84 bits per heavy atom. The Hall–Kier alpha value is -1.08. The molecule has 104 valence electrons. The molecule has 1 saturated heterocycles. The van der Waals surface area contributed by atoms with Gasteiger partial charge in [0.25, 0.3) is 0 Å². The van der Waals surface area contributed by atoms with Crippen molar-refractivity contribution in [2.75, 3.05) is 29.2 Å². The monoisotopic (exact) mass is 303 g/mol. The topological polar surface area (TPSA) is 54.5 Å². The standard InChI is InChI=1S/C12H14FNO3S2/c1-19(16,17)12-8-18-5-4-14(12)11-3-2-10(13)6-9(11)7-15/h2-3,6-7,12H,4-5,8H2,1H3. The fourth-order valence-electron chi connectivity index (χ4n) is 2.09. The van der Waals surface area contributed by atoms with Gasteiger partial charge in [0, 0.05) is 35.6 Å². The molecular weight excluding hydrogens is 289 g/mol. The molecule has 0 spiro atoms. The quantitative estimate of drug-likeness (QED) is 0.793. The highest BCUT2D eigenvalue weighted by molar-refractivity contribution is 8.01. The van der Waals surface area contributed by atoms with Crippen molar-refractivity contribution >= 4 is 33.6 Å². The van der Waals surface area contributed by atoms with Crippen molar-refractivity contribution in [1.29, 1.82) is 0 Å². The summed E-state index contributed by atoms with van der Waals surface area (Å²) >= 11 is 1.56. The maximum Gasteiger partial charge on any atom is 0.169 e. The average Bonchev–Trinajstić information content (AvgIpc) is 2.37. The van der Waals surface area contributed by atoms with E-state index in [0.29, 0.717) is 24.3 Å². The number of sulfone groups is 1. The van der Waals surface area contributed by atoms with Crippen LogP contribution in [-0.2, 0) is 9.84 Å². The summed E-state index contributed by atoms with van der Waals surface area (Å²) < 4.78 is 36.8. The zero-order valence-electron chi connectivity index (χ0n) is 10.4. The summed E-state index contributed by atoms with van der Waals surface area (Å²) in [6.07, 6.45) is 1.74. The van der Waals surface area contributed by atoms with E-state index < -0.39 is 21.0 Å². The Kier molecular flexibility index (Phi) is 4.15. The second-order valence-electron chi connectivity index (χ2n) is 4.37. The van der Waals surface area contributed by atoms with Crippen LogP contribution in [0.1, 0.15) is 10.4 Å². The average molecular weight is 303 g/mol. The maximum absolute atomic E-state index is 13.1. The third-order valence-corrected chi connectivity index (χ3v) is 5.65. The number of hydrogen-bond donors (Lipinski definition) is 0. The summed E-state index contributed by atoms with van der Waals surface area (Å²) in [6.45, 7) is 0.523. The number of aldehydes is 1. The molecule has 19 heavy (non-hydrogen) atoms. The van der Waals surface area contributed by atoms with E-state index in [-0.39, 0.29) is 5.56 Å². The molecule has 1 fully saturated rings. The van der Waals surface area contributed by atoms with E-state index in [1.165, 1.54) is 18.4 Å². The predicted octanol–water partition coefficient (Wildman–Crippen LogP) is 1.56. The van der Waals surface area contributed by atoms with Crippen LogP contribution in [0.3, 0.4) is 0 Å². The van der Waals surface area contributed by atoms with Crippen molar-refractivity contribution in [1.82, 2.24) is 0 Å². The van der Waals surface area contributed by atoms with Gasteiger partial charge in [-0.2, -0.15) is 11.8 Å². The molecule has 0 radical (unpaired) electrons. The first-order valence-electron chi connectivity index (χ1n) is 5.71. The molecule has 2 rings (SSSR count). The van der Waals surface area contributed by atoms with Crippen LogP contribution in [0.25, 0.3) is 0 Å². The number of halogens is 1. The number of carbonyl (C=O) groups is 1. The highest BCUT2D eigenvalue weighted by Crippen LogP contribution is 2.29. The first kappa shape index (κ1) is 14.3. The summed E-state index contributed by atoms with van der Waals surface area (Å²) in [5, 5.41) is -0.671. The van der Waals surface area contributed by atoms with Crippen LogP contribution in [0.15, 0.2) is 18.2 Å². The van der Waals surface area contributed by atoms with Crippen molar-refractivity contribution < 1.29 is 17.6 Å². The zero-order chi connectivity index (χ0) is 14.0. The molecule has 1 heterocycles. The largest absolute Gasteiger partial charge is 0.353 e. The molecule has 1 aliphatic heterocycles. The van der Waals surface area contributed by atoms with Gasteiger partial charge in [-0.25, -0.2) is 12.8 Å². The molecule has 1 aliphatic rings. The van der Waals surface area contributed by atoms with Crippen LogP contribution in [0.2, 0.25) is 0 Å². The molecule has 0 amide bonds. The lowest BCUT2D eigenvalue weighted by Gasteiger charge is -2.36. The van der Waals surface area contributed by atoms with E-state index in [9.17, 15) is 17.6 Å². The predicted molar refractivity (Wildman–Crippen MR) is 75.1 cm³/mol. The number of hydrogen-bond acceptors (Lipinski definition) is 5. The minimum atomic E-state index is -3.26. The van der Waals surface area contributed by atoms with Gasteiger partial charge >= 0.3 is 0 Å². The van der Waals surface area contributed by atoms with Crippen LogP contribution in [0.4, 0.5) is 10.1 Å². The van der Waals surface area contributed by atoms with E-state index in [4.69, 9.17) is 0 Å². The van der Waals surface area contributed by atoms with Gasteiger partial charge in [-0.1, -0.05) is 0 Å². The molecule has 4 nitrogen and oxygen atoms in total. The van der Waals surface area contributed by atoms with Gasteiger partial charge in [-0.05, 0) is 18.2 Å². The van der Waals surface area contributed by atoms with Crippen molar-refractivity contribution in [3.05, 3.63) is 29.6 Å². The van der Waals surface area contributed by atoms with Crippen molar-refractivity contribution in [2.45, 2.75) is 5.37 Å². The van der Waals surface area contributed by atoms with E-state index >= 15 is 0 Å². The minimum absolute atomic E-state index is 0.181. The van der Waals surface area contributed by atoms with Gasteiger partial charge in [0.1, 0.15) is 11.2 Å². The molecule has 0 N–H and O–H groups in total. The zero-order valence-corrected chi connectivity index (χ0v) is 12.0. The Morgan fingerprint density at radius 1 is 1.47 bits per heavy atom. The Labute approximate surface area is 115 Å². The Bertz CT molecular complexity index is 589. The van der Waals surface area contributed by atoms with Crippen LogP contribution in [0.5, 0.6) is 0 Å². The molecule has 0 aliphatic carbocycles. The molecular formula is C12H14FNO3S2. The van der Waals surface area contributed by atoms with Gasteiger partial charge in [0.2, 0.25) is 0 Å². The van der Waals surface area contributed by atoms with Crippen molar-refractivity contribution in [2.24, 2.45) is 0 Å². The normalized spacial score (nSPS) is 20.3. The second-order valence-corrected chi connectivity index (χ2v) is 7.73. The number of thioether (sulfide) groups is 1. The maximum atomic E-state index is 13.1. The molecule has 7 heteroatoms. The third kappa shape index (κ3) is 3.09. The second kappa shape index (κ2) is 5.50. The number of anilines is 1. The van der Waals surface area contributed by atoms with Gasteiger partial charge in [-0.3, -0.25) is 4.79 Å². The van der Waals surface area contributed by atoms with Gasteiger partial charge in [0.05, 0.1) is 0 Å². The minimum Gasteiger partial charge on any atom is -0.353 e. The highest BCUT2D eigenvalue weighted by atomic mass is 32.2. The lowest BCUT2D eigenvalue weighted by molar-refractivity contribution is 0.112. The molecule has 0 bridgehead atoms. The molecule has 1 aromatic carbocycles. The number of nitrogens with zero attached hydrogens (tertiary/aromatic N) is 1. The Morgan fingerprint density at radius 2 is 2.21 bits per heavy atom. The van der Waals surface area contributed by atoms with Crippen LogP contribution >= 0.6 is 11.8 Å². The van der Waals surface area contributed by atoms with Crippen LogP contribution in [0, 0.1) is 5.82 Å². The highest BCUT2D eigenvalue weighted by Gasteiger charge is 2.32. The third-order valence-electron chi connectivity index (χ3n) is 3.00. The van der Waals surface area contributed by atoms with E-state index in [2.05, 4.69) is 0 Å². The summed E-state index contributed by atoms with van der Waals surface area (Å²) in [5.41, 5.74) is 0.660. The molecule has 1 atom stereocenters. The summed E-state index contributed by atoms with van der Waals surface area (Å²) in [6, 6.07) is 3.83. The first-order valence-corrected chi connectivity index (χ1v) is 8.82. The fraction of sp³-hybridized carbons (Fsp3) is 0.417. The fourth-order valence-corrected chi connectivity index (χ4v) is 4.93. The SMILES string of the molecule is CS(=O)(=O)C1CSCCN1c1ccc(F)cc1C=O. The lowest BCUT2D eigenvalue weighted by atomic mass is 10.1.